The predicted molar refractivity (Wildman–Crippen MR) is 110 cm³/mol. The van der Waals surface area contributed by atoms with E-state index in [1.807, 2.05) is 79.4 Å². The van der Waals surface area contributed by atoms with Gasteiger partial charge in [-0.2, -0.15) is 0 Å². The smallest absolute Gasteiger partial charge is 0.256 e. The monoisotopic (exact) mass is 379 g/mol. The van der Waals surface area contributed by atoms with Gasteiger partial charge >= 0.3 is 0 Å². The zero-order valence-electron chi connectivity index (χ0n) is 15.4. The summed E-state index contributed by atoms with van der Waals surface area (Å²) in [5.41, 5.74) is 3.23. The minimum absolute atomic E-state index is 0.0453. The third-order valence-corrected chi connectivity index (χ3v) is 4.41. The lowest BCUT2D eigenvalue weighted by atomic mass is 10.1. The quantitative estimate of drug-likeness (QED) is 0.612. The Morgan fingerprint density at radius 3 is 2.52 bits per heavy atom. The molecule has 0 bridgehead atoms. The van der Waals surface area contributed by atoms with Crippen LogP contribution in [0.5, 0.6) is 0 Å². The molecule has 2 aromatic carbocycles. The van der Waals surface area contributed by atoms with Gasteiger partial charge in [-0.05, 0) is 43.7 Å². The molecule has 3 aromatic rings. The van der Waals surface area contributed by atoms with Gasteiger partial charge < -0.3 is 10.2 Å². The average Bonchev–Trinajstić information content (AvgIpc) is 2.66. The number of halogens is 1. The first-order chi connectivity index (χ1) is 13.0. The van der Waals surface area contributed by atoms with Gasteiger partial charge in [-0.25, -0.2) is 0 Å². The normalized spacial score (nSPS) is 10.7. The number of pyridine rings is 1. The molecule has 0 fully saturated rings. The van der Waals surface area contributed by atoms with Gasteiger partial charge in [0.2, 0.25) is 0 Å². The van der Waals surface area contributed by atoms with Crippen LogP contribution in [0.1, 0.15) is 29.8 Å². The Labute approximate surface area is 164 Å². The number of anilines is 2. The topological polar surface area (TPSA) is 45.2 Å². The maximum absolute atomic E-state index is 13.1. The summed E-state index contributed by atoms with van der Waals surface area (Å²) in [5, 5.41) is 3.89. The molecule has 0 saturated heterocycles. The number of hydrogen-bond acceptors (Lipinski definition) is 3. The summed E-state index contributed by atoms with van der Waals surface area (Å²) in [4.78, 5) is 19.2. The number of benzene rings is 2. The summed E-state index contributed by atoms with van der Waals surface area (Å²) in [6.07, 6.45) is 3.29. The van der Waals surface area contributed by atoms with Crippen LogP contribution < -0.4 is 5.32 Å². The molecular weight excluding hydrogens is 358 g/mol. The molecule has 1 amide bonds. The molecule has 5 heteroatoms. The Morgan fingerprint density at radius 1 is 1.04 bits per heavy atom. The summed E-state index contributed by atoms with van der Waals surface area (Å²) in [6, 6.07) is 19.3. The Balaban J connectivity index is 1.80. The maximum atomic E-state index is 13.1. The maximum Gasteiger partial charge on any atom is 0.256 e. The molecule has 138 valence electrons. The van der Waals surface area contributed by atoms with E-state index in [-0.39, 0.29) is 11.9 Å². The third-order valence-electron chi connectivity index (χ3n) is 4.18. The largest absolute Gasteiger partial charge is 0.354 e. The predicted octanol–water partition coefficient (Wildman–Crippen LogP) is 5.53. The van der Waals surface area contributed by atoms with Gasteiger partial charge in [-0.1, -0.05) is 48.0 Å². The summed E-state index contributed by atoms with van der Waals surface area (Å²) in [6.45, 7) is 4.59. The molecule has 1 heterocycles. The minimum atomic E-state index is -0.0453. The molecule has 0 aliphatic rings. The molecule has 0 atom stereocenters. The lowest BCUT2D eigenvalue weighted by Gasteiger charge is -2.27. The van der Waals surface area contributed by atoms with Gasteiger partial charge in [0.05, 0.1) is 17.4 Å². The highest BCUT2D eigenvalue weighted by atomic mass is 35.5. The van der Waals surface area contributed by atoms with Crippen LogP contribution in [-0.4, -0.2) is 21.8 Å². The first kappa shape index (κ1) is 18.9. The van der Waals surface area contributed by atoms with Gasteiger partial charge in [0.1, 0.15) is 0 Å². The van der Waals surface area contributed by atoms with Crippen molar-refractivity contribution in [3.8, 4) is 0 Å². The lowest BCUT2D eigenvalue weighted by molar-refractivity contribution is 0.0690. The van der Waals surface area contributed by atoms with E-state index in [9.17, 15) is 4.79 Å². The van der Waals surface area contributed by atoms with E-state index >= 15 is 0 Å². The number of nitrogens with zero attached hydrogens (tertiary/aromatic N) is 2. The summed E-state index contributed by atoms with van der Waals surface area (Å²) in [5.74, 6) is -0.0453. The van der Waals surface area contributed by atoms with Crippen molar-refractivity contribution in [3.05, 3.63) is 89.2 Å². The van der Waals surface area contributed by atoms with Crippen molar-refractivity contribution in [3.63, 3.8) is 0 Å². The van der Waals surface area contributed by atoms with Crippen LogP contribution in [0.2, 0.25) is 5.02 Å². The highest BCUT2D eigenvalue weighted by molar-refractivity contribution is 6.30. The van der Waals surface area contributed by atoms with Gasteiger partial charge in [-0.3, -0.25) is 9.78 Å². The summed E-state index contributed by atoms with van der Waals surface area (Å²) in [7, 11) is 0. The van der Waals surface area contributed by atoms with Crippen LogP contribution in [-0.2, 0) is 6.54 Å². The highest BCUT2D eigenvalue weighted by Crippen LogP contribution is 2.21. The summed E-state index contributed by atoms with van der Waals surface area (Å²) >= 11 is 6.03. The number of nitrogens with one attached hydrogen (secondary N) is 1. The van der Waals surface area contributed by atoms with Crippen molar-refractivity contribution in [2.45, 2.75) is 26.4 Å². The number of hydrogen-bond donors (Lipinski definition) is 1. The lowest BCUT2D eigenvalue weighted by Crippen LogP contribution is -2.36. The van der Waals surface area contributed by atoms with Crippen molar-refractivity contribution < 1.29 is 4.79 Å². The van der Waals surface area contributed by atoms with Crippen molar-refractivity contribution in [1.29, 1.82) is 0 Å². The van der Waals surface area contributed by atoms with Gasteiger partial charge in [0.25, 0.3) is 5.91 Å². The van der Waals surface area contributed by atoms with Crippen LogP contribution >= 0.6 is 11.6 Å². The van der Waals surface area contributed by atoms with E-state index < -0.39 is 0 Å². The van der Waals surface area contributed by atoms with Gasteiger partial charge in [-0.15, -0.1) is 0 Å². The number of aromatic nitrogens is 1. The molecule has 3 rings (SSSR count). The zero-order chi connectivity index (χ0) is 19.2. The standard InChI is InChI=1S/C22H22ClN3O/c1-16(2)26(15-17-7-4-3-5-8-17)22(27)18-11-21(14-24-13-18)25-20-10-6-9-19(23)12-20/h3-14,16,25H,15H2,1-2H3. The molecule has 0 aliphatic heterocycles. The average molecular weight is 380 g/mol. The Bertz CT molecular complexity index is 912. The van der Waals surface area contributed by atoms with E-state index in [4.69, 9.17) is 11.6 Å². The SMILES string of the molecule is CC(C)N(Cc1ccccc1)C(=O)c1cncc(Nc2cccc(Cl)c2)c1. The van der Waals surface area contributed by atoms with Crippen LogP contribution in [0.3, 0.4) is 0 Å². The van der Waals surface area contributed by atoms with E-state index in [0.717, 1.165) is 16.9 Å². The van der Waals surface area contributed by atoms with Crippen molar-refractivity contribution in [2.75, 3.05) is 5.32 Å². The fourth-order valence-corrected chi connectivity index (χ4v) is 2.98. The fraction of sp³-hybridized carbons (Fsp3) is 0.182. The van der Waals surface area contributed by atoms with Crippen molar-refractivity contribution >= 4 is 28.9 Å². The second-order valence-corrected chi connectivity index (χ2v) is 7.05. The van der Waals surface area contributed by atoms with Crippen molar-refractivity contribution in [1.82, 2.24) is 9.88 Å². The van der Waals surface area contributed by atoms with Gasteiger partial charge in [0, 0.05) is 29.5 Å². The van der Waals surface area contributed by atoms with Crippen LogP contribution in [0.4, 0.5) is 11.4 Å². The molecule has 1 aromatic heterocycles. The molecule has 0 aliphatic carbocycles. The number of amides is 1. The van der Waals surface area contributed by atoms with E-state index in [2.05, 4.69) is 10.3 Å². The fourth-order valence-electron chi connectivity index (χ4n) is 2.79. The second-order valence-electron chi connectivity index (χ2n) is 6.61. The third kappa shape index (κ3) is 5.08. The van der Waals surface area contributed by atoms with E-state index in [1.54, 1.807) is 12.4 Å². The van der Waals surface area contributed by atoms with Crippen LogP contribution in [0, 0.1) is 0 Å². The molecule has 0 spiro atoms. The number of carbonyl (C=O) groups excluding carboxylic acids is 1. The molecule has 0 unspecified atom stereocenters. The first-order valence-corrected chi connectivity index (χ1v) is 9.23. The molecule has 0 radical (unpaired) electrons. The first-order valence-electron chi connectivity index (χ1n) is 8.85. The Hall–Kier alpha value is -2.85. The number of carbonyl (C=O) groups is 1. The molecular formula is C22H22ClN3O. The molecule has 27 heavy (non-hydrogen) atoms. The van der Waals surface area contributed by atoms with E-state index in [1.165, 1.54) is 0 Å². The molecule has 1 N–H and O–H groups in total. The second kappa shape index (κ2) is 8.69. The van der Waals surface area contributed by atoms with Crippen LogP contribution in [0.15, 0.2) is 73.1 Å². The minimum Gasteiger partial charge on any atom is -0.354 e. The van der Waals surface area contributed by atoms with Gasteiger partial charge in [0.15, 0.2) is 0 Å². The highest BCUT2D eigenvalue weighted by Gasteiger charge is 2.19. The molecule has 4 nitrogen and oxygen atoms in total. The number of rotatable bonds is 6. The van der Waals surface area contributed by atoms with Crippen LogP contribution in [0.25, 0.3) is 0 Å². The Morgan fingerprint density at radius 2 is 1.81 bits per heavy atom. The van der Waals surface area contributed by atoms with E-state index in [0.29, 0.717) is 17.1 Å². The molecule has 0 saturated carbocycles. The zero-order valence-corrected chi connectivity index (χ0v) is 16.1. The van der Waals surface area contributed by atoms with Crippen molar-refractivity contribution in [2.24, 2.45) is 0 Å². The Kier molecular flexibility index (Phi) is 6.09. The summed E-state index contributed by atoms with van der Waals surface area (Å²) < 4.78 is 0.